The maximum absolute atomic E-state index is 8.86. The van der Waals surface area contributed by atoms with Crippen LogP contribution in [0, 0.1) is 16.7 Å². The van der Waals surface area contributed by atoms with Crippen molar-refractivity contribution in [3.63, 3.8) is 0 Å². The molecule has 0 aromatic carbocycles. The zero-order chi connectivity index (χ0) is 12.2. The Hall–Kier alpha value is -1.22. The van der Waals surface area contributed by atoms with E-state index in [4.69, 9.17) is 11.0 Å². The molecule has 0 fully saturated rings. The molecular weight excluding hydrogens is 222 g/mol. The first-order valence-corrected chi connectivity index (χ1v) is 6.14. The van der Waals surface area contributed by atoms with Crippen molar-refractivity contribution >= 4 is 17.7 Å². The average Bonchev–Trinajstić information content (AvgIpc) is 2.56. The summed E-state index contributed by atoms with van der Waals surface area (Å²) >= 11 is 1.62. The highest BCUT2D eigenvalue weighted by molar-refractivity contribution is 7.99. The Balaban J connectivity index is 2.32. The predicted molar refractivity (Wildman–Crippen MR) is 64.8 cm³/mol. The Morgan fingerprint density at radius 3 is 2.69 bits per heavy atom. The quantitative estimate of drug-likeness (QED) is 0.626. The fourth-order valence-electron chi connectivity index (χ4n) is 1.19. The molecule has 0 saturated carbocycles. The lowest BCUT2D eigenvalue weighted by Gasteiger charge is -2.13. The molecular formula is C10H17N5S. The molecule has 88 valence electrons. The normalized spacial score (nSPS) is 11.4. The van der Waals surface area contributed by atoms with Gasteiger partial charge in [-0.15, -0.1) is 10.2 Å². The van der Waals surface area contributed by atoms with E-state index in [9.17, 15) is 0 Å². The molecule has 0 aliphatic heterocycles. The van der Waals surface area contributed by atoms with Crippen molar-refractivity contribution < 1.29 is 0 Å². The summed E-state index contributed by atoms with van der Waals surface area (Å²) in [5, 5.41) is 17.4. The zero-order valence-corrected chi connectivity index (χ0v) is 10.7. The smallest absolute Gasteiger partial charge is 0.222 e. The van der Waals surface area contributed by atoms with Gasteiger partial charge in [-0.25, -0.2) is 0 Å². The van der Waals surface area contributed by atoms with Gasteiger partial charge in [0.1, 0.15) is 0 Å². The largest absolute Gasteiger partial charge is 0.368 e. The van der Waals surface area contributed by atoms with Crippen LogP contribution in [0.25, 0.3) is 0 Å². The Morgan fingerprint density at radius 1 is 1.50 bits per heavy atom. The van der Waals surface area contributed by atoms with Crippen LogP contribution in [0.4, 0.5) is 5.95 Å². The topological polar surface area (TPSA) is 80.5 Å². The van der Waals surface area contributed by atoms with E-state index in [0.29, 0.717) is 5.95 Å². The van der Waals surface area contributed by atoms with Crippen molar-refractivity contribution in [1.82, 2.24) is 14.8 Å². The Kier molecular flexibility index (Phi) is 4.19. The second-order valence-electron chi connectivity index (χ2n) is 4.35. The van der Waals surface area contributed by atoms with Crippen molar-refractivity contribution in [3.05, 3.63) is 0 Å². The third-order valence-corrected chi connectivity index (χ3v) is 3.46. The van der Waals surface area contributed by atoms with Gasteiger partial charge >= 0.3 is 0 Å². The second-order valence-corrected chi connectivity index (χ2v) is 5.41. The van der Waals surface area contributed by atoms with Crippen LogP contribution in [0.5, 0.6) is 0 Å². The molecule has 0 amide bonds. The number of nitrogen functional groups attached to an aromatic ring is 1. The molecule has 0 aliphatic rings. The molecule has 2 N–H and O–H groups in total. The van der Waals surface area contributed by atoms with E-state index in [1.54, 1.807) is 16.3 Å². The fraction of sp³-hybridized carbons (Fsp3) is 0.700. The highest BCUT2D eigenvalue weighted by Crippen LogP contribution is 2.24. The van der Waals surface area contributed by atoms with Gasteiger partial charge in [-0.2, -0.15) is 5.26 Å². The van der Waals surface area contributed by atoms with Crippen molar-refractivity contribution in [2.75, 3.05) is 11.5 Å². The number of nitrogens with zero attached hydrogens (tertiary/aromatic N) is 4. The molecule has 16 heavy (non-hydrogen) atoms. The lowest BCUT2D eigenvalue weighted by Crippen LogP contribution is -2.07. The minimum Gasteiger partial charge on any atom is -0.368 e. The SMILES string of the molecule is Cn1c(N)nnc1SCCCC(C)(C)C#N. The van der Waals surface area contributed by atoms with Gasteiger partial charge in [0.2, 0.25) is 5.95 Å². The second kappa shape index (κ2) is 5.21. The van der Waals surface area contributed by atoms with Gasteiger partial charge in [0, 0.05) is 12.8 Å². The molecule has 0 unspecified atom stereocenters. The van der Waals surface area contributed by atoms with Crippen molar-refractivity contribution in [1.29, 1.82) is 5.26 Å². The predicted octanol–water partition coefficient (Wildman–Crippen LogP) is 1.82. The van der Waals surface area contributed by atoms with Crippen LogP contribution in [0.2, 0.25) is 0 Å². The molecule has 0 saturated heterocycles. The molecule has 0 aliphatic carbocycles. The molecule has 1 heterocycles. The Bertz CT molecular complexity index is 390. The number of anilines is 1. The van der Waals surface area contributed by atoms with Gasteiger partial charge in [0.05, 0.1) is 11.5 Å². The fourth-order valence-corrected chi connectivity index (χ4v) is 2.04. The number of hydrogen-bond donors (Lipinski definition) is 1. The molecule has 0 spiro atoms. The van der Waals surface area contributed by atoms with E-state index in [1.165, 1.54) is 0 Å². The first-order valence-electron chi connectivity index (χ1n) is 5.15. The first-order chi connectivity index (χ1) is 7.46. The summed E-state index contributed by atoms with van der Waals surface area (Å²) in [5.41, 5.74) is 5.33. The maximum Gasteiger partial charge on any atom is 0.222 e. The Labute approximate surface area is 100 Å². The summed E-state index contributed by atoms with van der Waals surface area (Å²) in [7, 11) is 1.84. The summed E-state index contributed by atoms with van der Waals surface area (Å²) in [6.07, 6.45) is 1.88. The Morgan fingerprint density at radius 2 is 2.19 bits per heavy atom. The first kappa shape index (κ1) is 12.8. The van der Waals surface area contributed by atoms with Crippen LogP contribution < -0.4 is 5.73 Å². The van der Waals surface area contributed by atoms with E-state index in [0.717, 1.165) is 23.8 Å². The van der Waals surface area contributed by atoms with E-state index >= 15 is 0 Å². The van der Waals surface area contributed by atoms with Gasteiger partial charge < -0.3 is 5.73 Å². The van der Waals surface area contributed by atoms with E-state index in [2.05, 4.69) is 16.3 Å². The van der Waals surface area contributed by atoms with Crippen LogP contribution in [0.1, 0.15) is 26.7 Å². The lowest BCUT2D eigenvalue weighted by molar-refractivity contribution is 0.447. The molecule has 0 radical (unpaired) electrons. The molecule has 0 atom stereocenters. The molecule has 1 rings (SSSR count). The minimum absolute atomic E-state index is 0.237. The maximum atomic E-state index is 8.86. The number of nitriles is 1. The van der Waals surface area contributed by atoms with E-state index < -0.39 is 0 Å². The van der Waals surface area contributed by atoms with Crippen LogP contribution in [0.3, 0.4) is 0 Å². The average molecular weight is 239 g/mol. The highest BCUT2D eigenvalue weighted by Gasteiger charge is 2.16. The van der Waals surface area contributed by atoms with Gasteiger partial charge in [-0.1, -0.05) is 11.8 Å². The van der Waals surface area contributed by atoms with Gasteiger partial charge in [0.15, 0.2) is 5.16 Å². The summed E-state index contributed by atoms with van der Waals surface area (Å²) in [5.74, 6) is 1.36. The molecule has 0 bridgehead atoms. The number of nitrogens with two attached hydrogens (primary N) is 1. The van der Waals surface area contributed by atoms with E-state index in [1.807, 2.05) is 20.9 Å². The van der Waals surface area contributed by atoms with Crippen LogP contribution in [0.15, 0.2) is 5.16 Å². The summed E-state index contributed by atoms with van der Waals surface area (Å²) in [6, 6.07) is 2.29. The lowest BCUT2D eigenvalue weighted by atomic mass is 9.90. The highest BCUT2D eigenvalue weighted by atomic mass is 32.2. The molecule has 1 aromatic rings. The van der Waals surface area contributed by atoms with Crippen molar-refractivity contribution in [3.8, 4) is 6.07 Å². The van der Waals surface area contributed by atoms with Crippen LogP contribution in [-0.2, 0) is 7.05 Å². The summed E-state index contributed by atoms with van der Waals surface area (Å²) in [4.78, 5) is 0. The zero-order valence-electron chi connectivity index (χ0n) is 9.90. The monoisotopic (exact) mass is 239 g/mol. The van der Waals surface area contributed by atoms with Gasteiger partial charge in [0.25, 0.3) is 0 Å². The third kappa shape index (κ3) is 3.42. The molecule has 6 heteroatoms. The van der Waals surface area contributed by atoms with Gasteiger partial charge in [-0.3, -0.25) is 4.57 Å². The molecule has 5 nitrogen and oxygen atoms in total. The van der Waals surface area contributed by atoms with Crippen molar-refractivity contribution in [2.24, 2.45) is 12.5 Å². The van der Waals surface area contributed by atoms with Crippen LogP contribution in [-0.4, -0.2) is 20.5 Å². The summed E-state index contributed by atoms with van der Waals surface area (Å²) in [6.45, 7) is 3.91. The summed E-state index contributed by atoms with van der Waals surface area (Å²) < 4.78 is 1.76. The van der Waals surface area contributed by atoms with Gasteiger partial charge in [-0.05, 0) is 26.7 Å². The number of aromatic nitrogens is 3. The minimum atomic E-state index is -0.237. The number of hydrogen-bond acceptors (Lipinski definition) is 5. The number of thioether (sulfide) groups is 1. The van der Waals surface area contributed by atoms with Crippen LogP contribution >= 0.6 is 11.8 Å². The number of rotatable bonds is 5. The van der Waals surface area contributed by atoms with E-state index in [-0.39, 0.29) is 5.41 Å². The standard InChI is InChI=1S/C10H17N5S/c1-10(2,7-11)5-4-6-16-9-14-13-8(12)15(9)3/h4-6H2,1-3H3,(H2,12,13). The molecule has 1 aromatic heterocycles. The van der Waals surface area contributed by atoms with Crippen molar-refractivity contribution in [2.45, 2.75) is 31.8 Å². The third-order valence-electron chi connectivity index (χ3n) is 2.35.